The van der Waals surface area contributed by atoms with Gasteiger partial charge in [0.1, 0.15) is 0 Å². The molecule has 1 aliphatic heterocycles. The summed E-state index contributed by atoms with van der Waals surface area (Å²) in [6.07, 6.45) is 6.18. The molecule has 3 heterocycles. The molecule has 2 aromatic heterocycles. The highest BCUT2D eigenvalue weighted by atomic mass is 32.1. The number of aryl methyl sites for hydroxylation is 1. The topological polar surface area (TPSA) is 45.2 Å². The molecule has 1 atom stereocenters. The van der Waals surface area contributed by atoms with Gasteiger partial charge >= 0.3 is 0 Å². The normalized spacial score (nSPS) is 18.6. The van der Waals surface area contributed by atoms with E-state index < -0.39 is 0 Å². The van der Waals surface area contributed by atoms with Gasteiger partial charge in [-0.2, -0.15) is 5.10 Å². The third-order valence-corrected chi connectivity index (χ3v) is 4.74. The van der Waals surface area contributed by atoms with Gasteiger partial charge in [-0.05, 0) is 38.9 Å². The molecule has 0 unspecified atom stereocenters. The van der Waals surface area contributed by atoms with Crippen LogP contribution in [0.1, 0.15) is 22.7 Å². The highest BCUT2D eigenvalue weighted by molar-refractivity contribution is 7.11. The summed E-state index contributed by atoms with van der Waals surface area (Å²) in [6, 6.07) is 4.54. The van der Waals surface area contributed by atoms with Gasteiger partial charge in [-0.1, -0.05) is 0 Å². The first-order chi connectivity index (χ1) is 10.2. The summed E-state index contributed by atoms with van der Waals surface area (Å²) in [5, 5.41) is 9.40. The molecule has 6 heteroatoms. The summed E-state index contributed by atoms with van der Waals surface area (Å²) in [4.78, 5) is 10.4. The Kier molecular flexibility index (Phi) is 4.45. The fourth-order valence-corrected chi connectivity index (χ4v) is 3.82. The molecule has 0 amide bonds. The van der Waals surface area contributed by atoms with E-state index in [4.69, 9.17) is 0 Å². The van der Waals surface area contributed by atoms with Crippen molar-refractivity contribution >= 4 is 17.2 Å². The molecule has 0 spiro atoms. The lowest BCUT2D eigenvalue weighted by Gasteiger charge is -2.28. The van der Waals surface area contributed by atoms with Crippen LogP contribution < -0.4 is 4.90 Å². The lowest BCUT2D eigenvalue weighted by molar-refractivity contribution is 0.305. The minimum atomic E-state index is 0.528. The third-order valence-electron chi connectivity index (χ3n) is 3.85. The standard InChI is InChI=1S/C15H21N5S/c1-12-16-9-14(21-12)11-19(2)10-13-5-4-8-20(13)15-6-3-7-17-18-15/h3,6-7,9,13H,4-5,8,10-11H2,1-2H3/t13-/m0/s1. The van der Waals surface area contributed by atoms with E-state index in [2.05, 4.69) is 45.0 Å². The average molecular weight is 303 g/mol. The molecule has 3 rings (SSSR count). The number of anilines is 1. The molecule has 0 bridgehead atoms. The van der Waals surface area contributed by atoms with Gasteiger partial charge in [0.25, 0.3) is 0 Å². The first-order valence-electron chi connectivity index (χ1n) is 7.36. The van der Waals surface area contributed by atoms with Crippen molar-refractivity contribution in [2.75, 3.05) is 25.0 Å². The summed E-state index contributed by atoms with van der Waals surface area (Å²) in [5.41, 5.74) is 0. The molecule has 0 aliphatic carbocycles. The predicted octanol–water partition coefficient (Wildman–Crippen LogP) is 2.34. The zero-order valence-corrected chi connectivity index (χ0v) is 13.4. The molecule has 0 radical (unpaired) electrons. The molecule has 21 heavy (non-hydrogen) atoms. The van der Waals surface area contributed by atoms with Crippen LogP contribution in [0.4, 0.5) is 5.82 Å². The van der Waals surface area contributed by atoms with Crippen molar-refractivity contribution in [3.63, 3.8) is 0 Å². The summed E-state index contributed by atoms with van der Waals surface area (Å²) in [7, 11) is 2.18. The second-order valence-electron chi connectivity index (χ2n) is 5.61. The third kappa shape index (κ3) is 3.57. The maximum Gasteiger partial charge on any atom is 0.151 e. The van der Waals surface area contributed by atoms with E-state index in [9.17, 15) is 0 Å². The van der Waals surface area contributed by atoms with E-state index in [1.54, 1.807) is 17.5 Å². The Balaban J connectivity index is 1.61. The molecular weight excluding hydrogens is 282 g/mol. The summed E-state index contributed by atoms with van der Waals surface area (Å²) >= 11 is 1.78. The molecule has 0 N–H and O–H groups in total. The molecule has 0 saturated carbocycles. The van der Waals surface area contributed by atoms with E-state index in [-0.39, 0.29) is 0 Å². The van der Waals surface area contributed by atoms with Crippen LogP contribution in [0.25, 0.3) is 0 Å². The number of aromatic nitrogens is 3. The maximum absolute atomic E-state index is 4.33. The average Bonchev–Trinajstić information content (AvgIpc) is 3.09. The summed E-state index contributed by atoms with van der Waals surface area (Å²) in [5.74, 6) is 1.00. The van der Waals surface area contributed by atoms with Crippen molar-refractivity contribution in [1.82, 2.24) is 20.1 Å². The summed E-state index contributed by atoms with van der Waals surface area (Å²) in [6.45, 7) is 5.15. The van der Waals surface area contributed by atoms with Crippen LogP contribution in [-0.4, -0.2) is 46.3 Å². The van der Waals surface area contributed by atoms with Crippen molar-refractivity contribution < 1.29 is 0 Å². The number of hydrogen-bond donors (Lipinski definition) is 0. The van der Waals surface area contributed by atoms with Gasteiger partial charge in [-0.15, -0.1) is 16.4 Å². The Morgan fingerprint density at radius 3 is 3.10 bits per heavy atom. The fourth-order valence-electron chi connectivity index (χ4n) is 2.94. The molecule has 5 nitrogen and oxygen atoms in total. The van der Waals surface area contributed by atoms with Gasteiger partial charge in [-0.25, -0.2) is 4.98 Å². The lowest BCUT2D eigenvalue weighted by atomic mass is 10.2. The van der Waals surface area contributed by atoms with Crippen LogP contribution in [0.5, 0.6) is 0 Å². The minimum absolute atomic E-state index is 0.528. The smallest absolute Gasteiger partial charge is 0.151 e. The van der Waals surface area contributed by atoms with Crippen LogP contribution in [0.15, 0.2) is 24.5 Å². The Hall–Kier alpha value is -1.53. The molecule has 112 valence electrons. The monoisotopic (exact) mass is 303 g/mol. The van der Waals surface area contributed by atoms with Gasteiger partial charge in [0.2, 0.25) is 0 Å². The molecule has 0 aromatic carbocycles. The highest BCUT2D eigenvalue weighted by Gasteiger charge is 2.26. The first kappa shape index (κ1) is 14.4. The zero-order chi connectivity index (χ0) is 14.7. The Labute approximate surface area is 129 Å². The number of rotatable bonds is 5. The largest absolute Gasteiger partial charge is 0.351 e. The van der Waals surface area contributed by atoms with Crippen LogP contribution in [0, 0.1) is 6.92 Å². The number of hydrogen-bond acceptors (Lipinski definition) is 6. The van der Waals surface area contributed by atoms with Gasteiger partial charge in [-0.3, -0.25) is 4.90 Å². The van der Waals surface area contributed by atoms with Crippen molar-refractivity contribution in [3.8, 4) is 0 Å². The van der Waals surface area contributed by atoms with Gasteiger partial charge in [0.05, 0.1) is 5.01 Å². The molecule has 1 saturated heterocycles. The van der Waals surface area contributed by atoms with E-state index in [0.717, 1.165) is 30.5 Å². The SMILES string of the molecule is Cc1ncc(CN(C)C[C@@H]2CCCN2c2cccnn2)s1. The Bertz CT molecular complexity index is 570. The lowest BCUT2D eigenvalue weighted by Crippen LogP contribution is -2.39. The maximum atomic E-state index is 4.33. The van der Waals surface area contributed by atoms with E-state index >= 15 is 0 Å². The van der Waals surface area contributed by atoms with Crippen molar-refractivity contribution in [3.05, 3.63) is 34.4 Å². The second kappa shape index (κ2) is 6.49. The van der Waals surface area contributed by atoms with E-state index in [0.29, 0.717) is 6.04 Å². The van der Waals surface area contributed by atoms with Crippen LogP contribution in [0.3, 0.4) is 0 Å². The van der Waals surface area contributed by atoms with Crippen LogP contribution >= 0.6 is 11.3 Å². The predicted molar refractivity (Wildman–Crippen MR) is 85.6 cm³/mol. The van der Waals surface area contributed by atoms with Crippen molar-refractivity contribution in [1.29, 1.82) is 0 Å². The molecule has 2 aromatic rings. The van der Waals surface area contributed by atoms with Crippen LogP contribution in [0.2, 0.25) is 0 Å². The zero-order valence-electron chi connectivity index (χ0n) is 12.6. The molecule has 1 aliphatic rings. The fraction of sp³-hybridized carbons (Fsp3) is 0.533. The number of nitrogens with zero attached hydrogens (tertiary/aromatic N) is 5. The summed E-state index contributed by atoms with van der Waals surface area (Å²) < 4.78 is 0. The number of thiazole rings is 1. The van der Waals surface area contributed by atoms with Gasteiger partial charge < -0.3 is 4.90 Å². The highest BCUT2D eigenvalue weighted by Crippen LogP contribution is 2.24. The quantitative estimate of drug-likeness (QED) is 0.848. The Morgan fingerprint density at radius 1 is 1.48 bits per heavy atom. The molecule has 1 fully saturated rings. The second-order valence-corrected chi connectivity index (χ2v) is 6.93. The van der Waals surface area contributed by atoms with Gasteiger partial charge in [0.15, 0.2) is 5.82 Å². The van der Waals surface area contributed by atoms with Crippen molar-refractivity contribution in [2.24, 2.45) is 0 Å². The number of likely N-dealkylation sites (N-methyl/N-ethyl adjacent to an activating group) is 1. The van der Waals surface area contributed by atoms with E-state index in [1.807, 2.05) is 12.3 Å². The van der Waals surface area contributed by atoms with E-state index in [1.165, 1.54) is 17.7 Å². The Morgan fingerprint density at radius 2 is 2.38 bits per heavy atom. The minimum Gasteiger partial charge on any atom is -0.351 e. The van der Waals surface area contributed by atoms with Crippen LogP contribution in [-0.2, 0) is 6.54 Å². The first-order valence-corrected chi connectivity index (χ1v) is 8.18. The van der Waals surface area contributed by atoms with Crippen molar-refractivity contribution in [2.45, 2.75) is 32.4 Å². The molecular formula is C15H21N5S. The van der Waals surface area contributed by atoms with Gasteiger partial charge in [0, 0.05) is 42.9 Å².